The van der Waals surface area contributed by atoms with Gasteiger partial charge in [0.1, 0.15) is 4.88 Å². The zero-order valence-electron chi connectivity index (χ0n) is 15.8. The molecule has 0 radical (unpaired) electrons. The van der Waals surface area contributed by atoms with Gasteiger partial charge in [0.05, 0.1) is 5.69 Å². The molecule has 0 aliphatic heterocycles. The summed E-state index contributed by atoms with van der Waals surface area (Å²) in [5.74, 6) is -0.0464. The lowest BCUT2D eigenvalue weighted by atomic mass is 10.1. The van der Waals surface area contributed by atoms with E-state index in [-0.39, 0.29) is 5.91 Å². The number of aromatic nitrogens is 1. The maximum atomic E-state index is 12.5. The van der Waals surface area contributed by atoms with Gasteiger partial charge >= 0.3 is 0 Å². The molecule has 0 fully saturated rings. The van der Waals surface area contributed by atoms with Crippen LogP contribution in [0.2, 0.25) is 0 Å². The molecule has 1 aromatic heterocycles. The molecule has 0 bridgehead atoms. The summed E-state index contributed by atoms with van der Waals surface area (Å²) in [5, 5.41) is 7.12. The second-order valence-electron chi connectivity index (χ2n) is 6.41. The molecule has 0 spiro atoms. The molecule has 27 heavy (non-hydrogen) atoms. The fourth-order valence-electron chi connectivity index (χ4n) is 2.95. The summed E-state index contributed by atoms with van der Waals surface area (Å²) in [5.41, 5.74) is 4.33. The minimum absolute atomic E-state index is 0.0464. The van der Waals surface area contributed by atoms with E-state index in [4.69, 9.17) is 0 Å². The Hall–Kier alpha value is -2.66. The van der Waals surface area contributed by atoms with Gasteiger partial charge in [-0.2, -0.15) is 0 Å². The first kappa shape index (κ1) is 19.1. The Kier molecular flexibility index (Phi) is 6.60. The van der Waals surface area contributed by atoms with E-state index in [1.54, 1.807) is 0 Å². The van der Waals surface area contributed by atoms with Crippen molar-refractivity contribution in [2.24, 2.45) is 0 Å². The minimum atomic E-state index is -0.0464. The number of anilines is 2. The van der Waals surface area contributed by atoms with Gasteiger partial charge in [0, 0.05) is 12.2 Å². The standard InChI is InChI=1S/C22H25N3OS/c1-3-18-13-7-8-14-19(18)25-22-24-16(2)20(27-22)21(26)23-15-9-12-17-10-5-4-6-11-17/h4-8,10-11,13-14H,3,9,12,15H2,1-2H3,(H,23,26)(H,24,25). The van der Waals surface area contributed by atoms with E-state index in [0.29, 0.717) is 11.4 Å². The predicted octanol–water partition coefficient (Wildman–Crippen LogP) is 5.12. The van der Waals surface area contributed by atoms with Gasteiger partial charge in [-0.05, 0) is 43.4 Å². The van der Waals surface area contributed by atoms with E-state index in [1.165, 1.54) is 22.5 Å². The molecule has 2 aromatic carbocycles. The van der Waals surface area contributed by atoms with Crippen LogP contribution in [0.3, 0.4) is 0 Å². The Morgan fingerprint density at radius 1 is 1.07 bits per heavy atom. The zero-order valence-corrected chi connectivity index (χ0v) is 16.6. The molecule has 0 aliphatic rings. The molecule has 140 valence electrons. The Morgan fingerprint density at radius 3 is 2.59 bits per heavy atom. The number of para-hydroxylation sites is 1. The fourth-order valence-corrected chi connectivity index (χ4v) is 3.84. The molecule has 1 heterocycles. The number of hydrogen-bond donors (Lipinski definition) is 2. The molecule has 5 heteroatoms. The predicted molar refractivity (Wildman–Crippen MR) is 113 cm³/mol. The number of hydrogen-bond acceptors (Lipinski definition) is 4. The van der Waals surface area contributed by atoms with Crippen molar-refractivity contribution in [2.75, 3.05) is 11.9 Å². The summed E-state index contributed by atoms with van der Waals surface area (Å²) >= 11 is 1.40. The number of nitrogens with one attached hydrogen (secondary N) is 2. The van der Waals surface area contributed by atoms with Gasteiger partial charge < -0.3 is 10.6 Å². The molecule has 0 atom stereocenters. The van der Waals surface area contributed by atoms with Crippen LogP contribution in [0.1, 0.15) is 39.8 Å². The van der Waals surface area contributed by atoms with E-state index in [0.717, 1.165) is 35.8 Å². The van der Waals surface area contributed by atoms with Crippen molar-refractivity contribution in [3.63, 3.8) is 0 Å². The zero-order chi connectivity index (χ0) is 19.1. The van der Waals surface area contributed by atoms with E-state index in [9.17, 15) is 4.79 Å². The highest BCUT2D eigenvalue weighted by Crippen LogP contribution is 2.27. The third kappa shape index (κ3) is 5.17. The third-order valence-corrected chi connectivity index (χ3v) is 5.48. The maximum Gasteiger partial charge on any atom is 0.263 e. The molecule has 3 rings (SSSR count). The van der Waals surface area contributed by atoms with Crippen LogP contribution in [-0.4, -0.2) is 17.4 Å². The van der Waals surface area contributed by atoms with Crippen molar-refractivity contribution < 1.29 is 4.79 Å². The van der Waals surface area contributed by atoms with Crippen molar-refractivity contribution in [3.8, 4) is 0 Å². The fraction of sp³-hybridized carbons (Fsp3) is 0.273. The highest BCUT2D eigenvalue weighted by atomic mass is 32.1. The Labute approximate surface area is 164 Å². The summed E-state index contributed by atoms with van der Waals surface area (Å²) in [7, 11) is 0. The first-order valence-corrected chi connectivity index (χ1v) is 10.1. The normalized spacial score (nSPS) is 10.6. The van der Waals surface area contributed by atoms with E-state index < -0.39 is 0 Å². The van der Waals surface area contributed by atoms with Gasteiger partial charge in [-0.15, -0.1) is 0 Å². The van der Waals surface area contributed by atoms with Crippen molar-refractivity contribution in [2.45, 2.75) is 33.1 Å². The largest absolute Gasteiger partial charge is 0.351 e. The molecule has 0 saturated heterocycles. The number of carbonyl (C=O) groups is 1. The summed E-state index contributed by atoms with van der Waals surface area (Å²) in [6.45, 7) is 4.67. The van der Waals surface area contributed by atoms with Gasteiger partial charge in [-0.3, -0.25) is 4.79 Å². The summed E-state index contributed by atoms with van der Waals surface area (Å²) in [4.78, 5) is 17.7. The van der Waals surface area contributed by atoms with Gasteiger partial charge in [-0.1, -0.05) is 66.8 Å². The molecular formula is C22H25N3OS. The lowest BCUT2D eigenvalue weighted by Crippen LogP contribution is -2.24. The average molecular weight is 380 g/mol. The SMILES string of the molecule is CCc1ccccc1Nc1nc(C)c(C(=O)NCCCc2ccccc2)s1. The summed E-state index contributed by atoms with van der Waals surface area (Å²) < 4.78 is 0. The third-order valence-electron chi connectivity index (χ3n) is 4.41. The Balaban J connectivity index is 1.56. The number of nitrogens with zero attached hydrogens (tertiary/aromatic N) is 1. The monoisotopic (exact) mass is 379 g/mol. The number of aryl methyl sites for hydroxylation is 3. The van der Waals surface area contributed by atoms with Crippen LogP contribution in [0.5, 0.6) is 0 Å². The first-order valence-electron chi connectivity index (χ1n) is 9.32. The first-order chi connectivity index (χ1) is 13.2. The van der Waals surface area contributed by atoms with Gasteiger partial charge in [0.2, 0.25) is 0 Å². The highest BCUT2D eigenvalue weighted by Gasteiger charge is 2.15. The van der Waals surface area contributed by atoms with Crippen LogP contribution in [0.15, 0.2) is 54.6 Å². The summed E-state index contributed by atoms with van der Waals surface area (Å²) in [6, 6.07) is 18.5. The summed E-state index contributed by atoms with van der Waals surface area (Å²) in [6.07, 6.45) is 2.83. The van der Waals surface area contributed by atoms with E-state index in [2.05, 4.69) is 40.7 Å². The van der Waals surface area contributed by atoms with Crippen molar-refractivity contribution >= 4 is 28.1 Å². The molecule has 2 N–H and O–H groups in total. The number of carbonyl (C=O) groups excluding carboxylic acids is 1. The van der Waals surface area contributed by atoms with E-state index >= 15 is 0 Å². The lowest BCUT2D eigenvalue weighted by Gasteiger charge is -2.07. The molecule has 0 unspecified atom stereocenters. The lowest BCUT2D eigenvalue weighted by molar-refractivity contribution is 0.0956. The van der Waals surface area contributed by atoms with Crippen LogP contribution in [0, 0.1) is 6.92 Å². The molecule has 0 aliphatic carbocycles. The van der Waals surface area contributed by atoms with Crippen LogP contribution in [-0.2, 0) is 12.8 Å². The molecule has 1 amide bonds. The highest BCUT2D eigenvalue weighted by molar-refractivity contribution is 7.17. The van der Waals surface area contributed by atoms with Crippen LogP contribution >= 0.6 is 11.3 Å². The van der Waals surface area contributed by atoms with Gasteiger partial charge in [0.15, 0.2) is 5.13 Å². The Morgan fingerprint density at radius 2 is 1.81 bits per heavy atom. The van der Waals surface area contributed by atoms with Crippen molar-refractivity contribution in [1.29, 1.82) is 0 Å². The Bertz CT molecular complexity index is 890. The van der Waals surface area contributed by atoms with Gasteiger partial charge in [0.25, 0.3) is 5.91 Å². The van der Waals surface area contributed by atoms with Crippen LogP contribution in [0.25, 0.3) is 0 Å². The minimum Gasteiger partial charge on any atom is -0.351 e. The van der Waals surface area contributed by atoms with Crippen LogP contribution in [0.4, 0.5) is 10.8 Å². The van der Waals surface area contributed by atoms with Crippen LogP contribution < -0.4 is 10.6 Å². The van der Waals surface area contributed by atoms with Gasteiger partial charge in [-0.25, -0.2) is 4.98 Å². The van der Waals surface area contributed by atoms with Crippen molar-refractivity contribution in [3.05, 3.63) is 76.3 Å². The topological polar surface area (TPSA) is 54.0 Å². The van der Waals surface area contributed by atoms with Crippen molar-refractivity contribution in [1.82, 2.24) is 10.3 Å². The smallest absolute Gasteiger partial charge is 0.263 e. The second kappa shape index (κ2) is 9.33. The maximum absolute atomic E-state index is 12.5. The van der Waals surface area contributed by atoms with E-state index in [1.807, 2.05) is 43.3 Å². The quantitative estimate of drug-likeness (QED) is 0.534. The molecule has 4 nitrogen and oxygen atoms in total. The second-order valence-corrected chi connectivity index (χ2v) is 7.41. The number of amides is 1. The molecule has 0 saturated carbocycles. The number of benzene rings is 2. The molecular weight excluding hydrogens is 354 g/mol. The average Bonchev–Trinajstić information content (AvgIpc) is 3.06. The number of rotatable bonds is 8. The number of thiazole rings is 1. The molecule has 3 aromatic rings.